The first-order valence-corrected chi connectivity index (χ1v) is 10.3. The number of amides is 2. The van der Waals surface area contributed by atoms with Crippen LogP contribution in [-0.2, 0) is 16.1 Å². The number of aromatic nitrogens is 1. The Morgan fingerprint density at radius 2 is 2.11 bits per heavy atom. The first-order valence-electron chi connectivity index (χ1n) is 9.41. The lowest BCUT2D eigenvalue weighted by molar-refractivity contribution is -0.167. The monoisotopic (exact) mass is 397 g/mol. The molecule has 1 aromatic carbocycles. The van der Waals surface area contributed by atoms with Gasteiger partial charge in [-0.2, -0.15) is 0 Å². The third-order valence-electron chi connectivity index (χ3n) is 5.25. The number of hydrogen-bond acceptors (Lipinski definition) is 5. The molecule has 146 valence electrons. The van der Waals surface area contributed by atoms with E-state index in [0.717, 1.165) is 11.3 Å². The van der Waals surface area contributed by atoms with Crippen LogP contribution in [0.5, 0.6) is 0 Å². The number of morpholine rings is 1. The molecule has 1 aromatic heterocycles. The Morgan fingerprint density at radius 3 is 2.86 bits per heavy atom. The lowest BCUT2D eigenvalue weighted by Gasteiger charge is -2.42. The zero-order chi connectivity index (χ0) is 19.6. The van der Waals surface area contributed by atoms with Gasteiger partial charge in [0.1, 0.15) is 4.88 Å². The fraction of sp³-hybridized carbons (Fsp3) is 0.381. The molecule has 1 fully saturated rings. The van der Waals surface area contributed by atoms with Crippen molar-refractivity contribution >= 4 is 23.2 Å². The van der Waals surface area contributed by atoms with Gasteiger partial charge in [-0.25, -0.2) is 4.98 Å². The van der Waals surface area contributed by atoms with Gasteiger partial charge in [0.2, 0.25) is 0 Å². The van der Waals surface area contributed by atoms with E-state index in [1.165, 1.54) is 11.3 Å². The van der Waals surface area contributed by atoms with Gasteiger partial charge in [0.25, 0.3) is 11.8 Å². The van der Waals surface area contributed by atoms with E-state index >= 15 is 0 Å². The largest absolute Gasteiger partial charge is 0.361 e. The number of hydrogen-bond donors (Lipinski definition) is 0. The number of rotatable bonds is 3. The van der Waals surface area contributed by atoms with E-state index in [-0.39, 0.29) is 18.4 Å². The highest BCUT2D eigenvalue weighted by atomic mass is 32.1. The van der Waals surface area contributed by atoms with Crippen LogP contribution in [0.4, 0.5) is 0 Å². The second-order valence-corrected chi connectivity index (χ2v) is 8.04. The molecule has 0 aliphatic carbocycles. The Bertz CT molecular complexity index is 895. The molecule has 1 unspecified atom stereocenters. The molecular formula is C21H23N3O3S. The van der Waals surface area contributed by atoms with E-state index in [2.05, 4.69) is 4.98 Å². The molecule has 7 heteroatoms. The molecule has 3 heterocycles. The third kappa shape index (κ3) is 3.59. The Morgan fingerprint density at radius 1 is 1.29 bits per heavy atom. The maximum Gasteiger partial charge on any atom is 0.266 e. The van der Waals surface area contributed by atoms with Gasteiger partial charge in [-0.1, -0.05) is 42.5 Å². The van der Waals surface area contributed by atoms with Crippen molar-refractivity contribution in [1.29, 1.82) is 0 Å². The summed E-state index contributed by atoms with van der Waals surface area (Å²) in [6, 6.07) is 9.93. The van der Waals surface area contributed by atoms with E-state index in [0.29, 0.717) is 37.5 Å². The molecule has 2 amide bonds. The smallest absolute Gasteiger partial charge is 0.266 e. The standard InChI is InChI=1S/C21H23N3O3S/c1-16-18(28-15-22-16)19(25)24-11-12-27-21(14-24)9-5-6-10-23(20(21)26)13-17-7-3-2-4-8-17/h2-8,15H,9-14H2,1H3. The maximum atomic E-state index is 13.5. The zero-order valence-electron chi connectivity index (χ0n) is 15.8. The summed E-state index contributed by atoms with van der Waals surface area (Å²) in [5.74, 6) is -0.127. The summed E-state index contributed by atoms with van der Waals surface area (Å²) in [6.45, 7) is 3.99. The van der Waals surface area contributed by atoms with Gasteiger partial charge >= 0.3 is 0 Å². The van der Waals surface area contributed by atoms with Gasteiger partial charge < -0.3 is 14.5 Å². The lowest BCUT2D eigenvalue weighted by Crippen LogP contribution is -2.60. The van der Waals surface area contributed by atoms with Gasteiger partial charge in [-0.15, -0.1) is 11.3 Å². The molecular weight excluding hydrogens is 374 g/mol. The summed E-state index contributed by atoms with van der Waals surface area (Å²) in [5, 5.41) is 0. The van der Waals surface area contributed by atoms with E-state index < -0.39 is 5.60 Å². The molecule has 1 atom stereocenters. The minimum Gasteiger partial charge on any atom is -0.361 e. The van der Waals surface area contributed by atoms with Crippen LogP contribution >= 0.6 is 11.3 Å². The van der Waals surface area contributed by atoms with Gasteiger partial charge in [-0.3, -0.25) is 9.59 Å². The predicted octanol–water partition coefficient (Wildman–Crippen LogP) is 2.65. The minimum atomic E-state index is -1.02. The van der Waals surface area contributed by atoms with E-state index in [4.69, 9.17) is 4.74 Å². The van der Waals surface area contributed by atoms with Crippen molar-refractivity contribution in [2.45, 2.75) is 25.5 Å². The average molecular weight is 398 g/mol. The van der Waals surface area contributed by atoms with Crippen LogP contribution in [0, 0.1) is 6.92 Å². The SMILES string of the molecule is Cc1ncsc1C(=O)N1CCOC2(CC=CCN(Cc3ccccc3)C2=O)C1. The molecule has 0 N–H and O–H groups in total. The molecule has 1 saturated heterocycles. The van der Waals surface area contributed by atoms with Crippen molar-refractivity contribution in [2.24, 2.45) is 0 Å². The Hall–Kier alpha value is -2.51. The molecule has 2 aromatic rings. The number of carbonyl (C=O) groups excluding carboxylic acids is 2. The predicted molar refractivity (Wildman–Crippen MR) is 107 cm³/mol. The molecule has 2 aliphatic rings. The molecule has 1 spiro atoms. The summed E-state index contributed by atoms with van der Waals surface area (Å²) in [6.07, 6.45) is 4.48. The summed E-state index contributed by atoms with van der Waals surface area (Å²) in [7, 11) is 0. The number of carbonyl (C=O) groups is 2. The quantitative estimate of drug-likeness (QED) is 0.747. The number of nitrogens with zero attached hydrogens (tertiary/aromatic N) is 3. The normalized spacial score (nSPS) is 22.5. The summed E-state index contributed by atoms with van der Waals surface area (Å²) >= 11 is 1.34. The molecule has 4 rings (SSSR count). The van der Waals surface area contributed by atoms with Gasteiger partial charge in [-0.05, 0) is 12.5 Å². The van der Waals surface area contributed by atoms with E-state index in [1.807, 2.05) is 54.3 Å². The zero-order valence-corrected chi connectivity index (χ0v) is 16.7. The topological polar surface area (TPSA) is 62.7 Å². The van der Waals surface area contributed by atoms with Gasteiger partial charge in [0, 0.05) is 26.1 Å². The third-order valence-corrected chi connectivity index (χ3v) is 6.16. The highest BCUT2D eigenvalue weighted by Crippen LogP contribution is 2.29. The van der Waals surface area contributed by atoms with Crippen molar-refractivity contribution in [3.63, 3.8) is 0 Å². The van der Waals surface area contributed by atoms with Gasteiger partial charge in [0.05, 0.1) is 24.4 Å². The highest BCUT2D eigenvalue weighted by Gasteiger charge is 2.47. The van der Waals surface area contributed by atoms with Crippen LogP contribution in [0.25, 0.3) is 0 Å². The molecule has 6 nitrogen and oxygen atoms in total. The van der Waals surface area contributed by atoms with Crippen molar-refractivity contribution in [3.8, 4) is 0 Å². The molecule has 28 heavy (non-hydrogen) atoms. The molecule has 0 bridgehead atoms. The van der Waals surface area contributed by atoms with E-state index in [1.54, 1.807) is 10.4 Å². The van der Waals surface area contributed by atoms with Crippen molar-refractivity contribution in [3.05, 3.63) is 64.1 Å². The highest BCUT2D eigenvalue weighted by molar-refractivity contribution is 7.11. The summed E-state index contributed by atoms with van der Waals surface area (Å²) in [5.41, 5.74) is 2.47. The maximum absolute atomic E-state index is 13.5. The number of benzene rings is 1. The van der Waals surface area contributed by atoms with Crippen LogP contribution in [0.15, 0.2) is 48.0 Å². The van der Waals surface area contributed by atoms with E-state index in [9.17, 15) is 9.59 Å². The van der Waals surface area contributed by atoms with Crippen LogP contribution in [0.1, 0.15) is 27.3 Å². The Balaban J connectivity index is 1.56. The molecule has 0 saturated carbocycles. The Labute approximate surface area is 168 Å². The first kappa shape index (κ1) is 18.8. The van der Waals surface area contributed by atoms with Crippen molar-refractivity contribution in [1.82, 2.24) is 14.8 Å². The van der Waals surface area contributed by atoms with Crippen molar-refractivity contribution < 1.29 is 14.3 Å². The van der Waals surface area contributed by atoms with Crippen LogP contribution in [0.2, 0.25) is 0 Å². The number of aryl methyl sites for hydroxylation is 1. The fourth-order valence-corrected chi connectivity index (χ4v) is 4.50. The fourth-order valence-electron chi connectivity index (χ4n) is 3.74. The second-order valence-electron chi connectivity index (χ2n) is 7.18. The Kier molecular flexibility index (Phi) is 5.28. The summed E-state index contributed by atoms with van der Waals surface area (Å²) < 4.78 is 6.05. The van der Waals surface area contributed by atoms with Crippen LogP contribution in [-0.4, -0.2) is 58.4 Å². The average Bonchev–Trinajstić information content (AvgIpc) is 3.10. The minimum absolute atomic E-state index is 0.0557. The first-order chi connectivity index (χ1) is 13.6. The van der Waals surface area contributed by atoms with Gasteiger partial charge in [0.15, 0.2) is 5.60 Å². The van der Waals surface area contributed by atoms with Crippen LogP contribution in [0.3, 0.4) is 0 Å². The molecule has 0 radical (unpaired) electrons. The second kappa shape index (κ2) is 7.85. The lowest BCUT2D eigenvalue weighted by atomic mass is 9.95. The van der Waals surface area contributed by atoms with Crippen LogP contribution < -0.4 is 0 Å². The number of ether oxygens (including phenoxy) is 1. The number of thiazole rings is 1. The van der Waals surface area contributed by atoms with Crippen molar-refractivity contribution in [2.75, 3.05) is 26.2 Å². The summed E-state index contributed by atoms with van der Waals surface area (Å²) in [4.78, 5) is 34.8. The molecule has 2 aliphatic heterocycles.